The molecule has 5 nitrogen and oxygen atoms in total. The second-order valence-electron chi connectivity index (χ2n) is 5.97. The maximum atomic E-state index is 12.1. The average Bonchev–Trinajstić information content (AvgIpc) is 3.04. The Hall–Kier alpha value is -0.650. The molecule has 0 aliphatic carbocycles. The van der Waals surface area contributed by atoms with E-state index in [1.54, 1.807) is 0 Å². The Morgan fingerprint density at radius 2 is 2.39 bits per heavy atom. The second kappa shape index (κ2) is 4.47. The summed E-state index contributed by atoms with van der Waals surface area (Å²) in [5.41, 5.74) is -0.888. The molecule has 3 fully saturated rings. The first-order chi connectivity index (χ1) is 8.58. The van der Waals surface area contributed by atoms with E-state index in [0.717, 1.165) is 12.8 Å². The molecule has 3 aliphatic rings. The van der Waals surface area contributed by atoms with Crippen LogP contribution in [0, 0.1) is 5.92 Å². The van der Waals surface area contributed by atoms with Gasteiger partial charge < -0.3 is 20.5 Å². The maximum absolute atomic E-state index is 12.1. The predicted octanol–water partition coefficient (Wildman–Crippen LogP) is -0.217. The van der Waals surface area contributed by atoms with Crippen LogP contribution in [-0.2, 0) is 9.53 Å². The molecule has 3 aliphatic heterocycles. The van der Waals surface area contributed by atoms with Gasteiger partial charge in [0.05, 0.1) is 12.0 Å². The van der Waals surface area contributed by atoms with Crippen molar-refractivity contribution in [3.63, 3.8) is 0 Å². The van der Waals surface area contributed by atoms with Gasteiger partial charge in [0.25, 0.3) is 0 Å². The summed E-state index contributed by atoms with van der Waals surface area (Å²) in [4.78, 5) is 12.1. The van der Waals surface area contributed by atoms with E-state index >= 15 is 0 Å². The van der Waals surface area contributed by atoms with Crippen molar-refractivity contribution in [3.8, 4) is 0 Å². The summed E-state index contributed by atoms with van der Waals surface area (Å²) in [5, 5.41) is 16.7. The van der Waals surface area contributed by atoms with Gasteiger partial charge in [0.2, 0.25) is 5.91 Å². The van der Waals surface area contributed by atoms with E-state index in [-0.39, 0.29) is 17.9 Å². The molecule has 5 unspecified atom stereocenters. The van der Waals surface area contributed by atoms with Crippen molar-refractivity contribution in [1.29, 1.82) is 0 Å². The van der Waals surface area contributed by atoms with E-state index in [1.165, 1.54) is 6.42 Å². The van der Waals surface area contributed by atoms with E-state index < -0.39 is 5.60 Å². The molecule has 1 amide bonds. The van der Waals surface area contributed by atoms with Gasteiger partial charge in [0.15, 0.2) is 0 Å². The quantitative estimate of drug-likeness (QED) is 0.651. The Morgan fingerprint density at radius 3 is 2.94 bits per heavy atom. The molecule has 18 heavy (non-hydrogen) atoms. The number of hydrogen-bond donors (Lipinski definition) is 3. The van der Waals surface area contributed by atoms with Gasteiger partial charge in [-0.25, -0.2) is 0 Å². The third kappa shape index (κ3) is 2.04. The van der Waals surface area contributed by atoms with E-state index in [0.29, 0.717) is 31.7 Å². The minimum Gasteiger partial charge on any atom is -0.385 e. The third-order valence-corrected chi connectivity index (χ3v) is 4.87. The summed E-state index contributed by atoms with van der Waals surface area (Å²) in [7, 11) is 0. The molecule has 3 saturated heterocycles. The first kappa shape index (κ1) is 12.4. The van der Waals surface area contributed by atoms with Gasteiger partial charge in [-0.2, -0.15) is 0 Å². The van der Waals surface area contributed by atoms with Gasteiger partial charge in [-0.15, -0.1) is 0 Å². The van der Waals surface area contributed by atoms with Crippen molar-refractivity contribution in [3.05, 3.63) is 0 Å². The molecule has 0 spiro atoms. The molecule has 2 bridgehead atoms. The molecule has 5 atom stereocenters. The highest BCUT2D eigenvalue weighted by molar-refractivity contribution is 5.80. The fourth-order valence-corrected chi connectivity index (χ4v) is 3.49. The molecule has 0 radical (unpaired) electrons. The number of aliphatic hydroxyl groups is 1. The number of ether oxygens (including phenoxy) is 1. The van der Waals surface area contributed by atoms with E-state index in [2.05, 4.69) is 10.6 Å². The number of carbonyl (C=O) groups is 1. The van der Waals surface area contributed by atoms with Crippen molar-refractivity contribution < 1.29 is 14.6 Å². The maximum Gasteiger partial charge on any atom is 0.224 e. The Balaban J connectivity index is 1.53. The Bertz CT molecular complexity index is 349. The monoisotopic (exact) mass is 254 g/mol. The van der Waals surface area contributed by atoms with Crippen molar-refractivity contribution in [2.45, 2.75) is 56.4 Å². The second-order valence-corrected chi connectivity index (χ2v) is 5.97. The van der Waals surface area contributed by atoms with Gasteiger partial charge in [-0.1, -0.05) is 0 Å². The zero-order valence-electron chi connectivity index (χ0n) is 10.8. The van der Waals surface area contributed by atoms with Crippen molar-refractivity contribution in [2.75, 3.05) is 13.2 Å². The summed E-state index contributed by atoms with van der Waals surface area (Å²) < 4.78 is 5.36. The number of nitrogens with one attached hydrogen (secondary N) is 2. The van der Waals surface area contributed by atoms with Gasteiger partial charge in [0, 0.05) is 31.7 Å². The SMILES string of the molecule is CC1OCCC1(O)CNC(=O)C1CC2CCC1N2. The molecule has 3 N–H and O–H groups in total. The topological polar surface area (TPSA) is 70.6 Å². The van der Waals surface area contributed by atoms with Crippen LogP contribution < -0.4 is 10.6 Å². The highest BCUT2D eigenvalue weighted by atomic mass is 16.5. The number of amides is 1. The largest absolute Gasteiger partial charge is 0.385 e. The van der Waals surface area contributed by atoms with E-state index in [1.807, 2.05) is 6.92 Å². The van der Waals surface area contributed by atoms with Crippen molar-refractivity contribution in [1.82, 2.24) is 10.6 Å². The van der Waals surface area contributed by atoms with Gasteiger partial charge in [-0.05, 0) is 26.2 Å². The average molecular weight is 254 g/mol. The molecule has 3 rings (SSSR count). The summed E-state index contributed by atoms with van der Waals surface area (Å²) >= 11 is 0. The molecule has 0 aromatic rings. The van der Waals surface area contributed by atoms with Gasteiger partial charge in [-0.3, -0.25) is 4.79 Å². The van der Waals surface area contributed by atoms with Crippen LogP contribution in [0.15, 0.2) is 0 Å². The van der Waals surface area contributed by atoms with E-state index in [4.69, 9.17) is 4.74 Å². The predicted molar refractivity (Wildman–Crippen MR) is 66.0 cm³/mol. The van der Waals surface area contributed by atoms with Crippen molar-refractivity contribution in [2.24, 2.45) is 5.92 Å². The lowest BCUT2D eigenvalue weighted by Crippen LogP contribution is -2.49. The Morgan fingerprint density at radius 1 is 1.56 bits per heavy atom. The number of hydrogen-bond acceptors (Lipinski definition) is 4. The third-order valence-electron chi connectivity index (χ3n) is 4.87. The van der Waals surface area contributed by atoms with Gasteiger partial charge >= 0.3 is 0 Å². The molecule has 3 heterocycles. The number of carbonyl (C=O) groups excluding carboxylic acids is 1. The van der Waals surface area contributed by atoms with Crippen LogP contribution in [0.4, 0.5) is 0 Å². The summed E-state index contributed by atoms with van der Waals surface area (Å²) in [5.74, 6) is 0.173. The lowest BCUT2D eigenvalue weighted by Gasteiger charge is -2.28. The van der Waals surface area contributed by atoms with Crippen LogP contribution in [0.5, 0.6) is 0 Å². The fraction of sp³-hybridized carbons (Fsp3) is 0.923. The summed E-state index contributed by atoms with van der Waals surface area (Å²) in [6.07, 6.45) is 3.65. The van der Waals surface area contributed by atoms with E-state index in [9.17, 15) is 9.90 Å². The molecule has 0 aromatic carbocycles. The first-order valence-corrected chi connectivity index (χ1v) is 6.96. The first-order valence-electron chi connectivity index (χ1n) is 6.96. The zero-order chi connectivity index (χ0) is 12.8. The minimum atomic E-state index is -0.888. The lowest BCUT2D eigenvalue weighted by atomic mass is 9.88. The van der Waals surface area contributed by atoms with Crippen molar-refractivity contribution >= 4 is 5.91 Å². The van der Waals surface area contributed by atoms with Crippen LogP contribution >= 0.6 is 0 Å². The molecular weight excluding hydrogens is 232 g/mol. The molecule has 0 saturated carbocycles. The fourth-order valence-electron chi connectivity index (χ4n) is 3.49. The Kier molecular flexibility index (Phi) is 3.08. The number of fused-ring (bicyclic) bond motifs is 2. The normalized spacial score (nSPS) is 46.6. The van der Waals surface area contributed by atoms with Crippen LogP contribution in [0.3, 0.4) is 0 Å². The minimum absolute atomic E-state index is 0.0854. The highest BCUT2D eigenvalue weighted by Gasteiger charge is 2.44. The lowest BCUT2D eigenvalue weighted by molar-refractivity contribution is -0.127. The van der Waals surface area contributed by atoms with Gasteiger partial charge in [0.1, 0.15) is 5.60 Å². The smallest absolute Gasteiger partial charge is 0.224 e. The van der Waals surface area contributed by atoms with Crippen LogP contribution in [0.25, 0.3) is 0 Å². The Labute approximate surface area is 107 Å². The molecule has 5 heteroatoms. The molecule has 0 aromatic heterocycles. The van der Waals surface area contributed by atoms with Crippen LogP contribution in [0.1, 0.15) is 32.6 Å². The summed E-state index contributed by atoms with van der Waals surface area (Å²) in [6, 6.07) is 0.879. The highest BCUT2D eigenvalue weighted by Crippen LogP contribution is 2.33. The molecule has 102 valence electrons. The summed E-state index contributed by atoms with van der Waals surface area (Å²) in [6.45, 7) is 2.74. The van der Waals surface area contributed by atoms with Crippen LogP contribution in [-0.4, -0.2) is 48.0 Å². The molecular formula is C13H22N2O3. The standard InChI is InChI=1S/C13H22N2O3/c1-8-13(17,4-5-18-8)7-14-12(16)10-6-9-2-3-11(10)15-9/h8-11,15,17H,2-7H2,1H3,(H,14,16). The zero-order valence-corrected chi connectivity index (χ0v) is 10.8. The number of rotatable bonds is 3. The van der Waals surface area contributed by atoms with Crippen LogP contribution in [0.2, 0.25) is 0 Å².